The summed E-state index contributed by atoms with van der Waals surface area (Å²) in [5.41, 5.74) is 1.38. The second-order valence-corrected chi connectivity index (χ2v) is 6.44. The third-order valence-corrected chi connectivity index (χ3v) is 4.46. The summed E-state index contributed by atoms with van der Waals surface area (Å²) < 4.78 is 0.890. The van der Waals surface area contributed by atoms with Crippen molar-refractivity contribution in [2.75, 3.05) is 5.32 Å². The van der Waals surface area contributed by atoms with E-state index in [-0.39, 0.29) is 22.1 Å². The van der Waals surface area contributed by atoms with Gasteiger partial charge in [-0.2, -0.15) is 5.26 Å². The van der Waals surface area contributed by atoms with Gasteiger partial charge >= 0.3 is 0 Å². The van der Waals surface area contributed by atoms with Gasteiger partial charge in [-0.05, 0) is 40.8 Å². The van der Waals surface area contributed by atoms with Gasteiger partial charge in [-0.25, -0.2) is 0 Å². The number of Topliss-reactive ketones (excluding diaryl/α,β-unsaturated/α-hetero) is 2. The first-order chi connectivity index (χ1) is 11.0. The topological polar surface area (TPSA) is 70.0 Å². The molecular formula is C17H8ClIN2O2. The van der Waals surface area contributed by atoms with Crippen LogP contribution >= 0.6 is 34.2 Å². The third-order valence-electron chi connectivity index (χ3n) is 3.42. The maximum atomic E-state index is 12.6. The molecule has 0 unspecified atom stereocenters. The fourth-order valence-electron chi connectivity index (χ4n) is 2.31. The number of nitrogens with zero attached hydrogens (tertiary/aromatic N) is 1. The van der Waals surface area contributed by atoms with Crippen LogP contribution in [0, 0.1) is 14.9 Å². The zero-order chi connectivity index (χ0) is 16.6. The maximum Gasteiger partial charge on any atom is 0.211 e. The predicted molar refractivity (Wildman–Crippen MR) is 95.5 cm³/mol. The number of fused-ring (bicyclic) bond motifs is 1. The van der Waals surface area contributed by atoms with E-state index in [0.717, 1.165) is 3.57 Å². The lowest BCUT2D eigenvalue weighted by molar-refractivity contribution is 0.0982. The van der Waals surface area contributed by atoms with Crippen LogP contribution in [-0.4, -0.2) is 11.6 Å². The molecule has 2 aromatic carbocycles. The molecule has 0 bridgehead atoms. The lowest BCUT2D eigenvalue weighted by Crippen LogP contribution is -2.24. The Hall–Kier alpha value is -2.17. The Balaban J connectivity index is 2.08. The quantitative estimate of drug-likeness (QED) is 0.723. The van der Waals surface area contributed by atoms with Crippen molar-refractivity contribution in [2.24, 2.45) is 0 Å². The predicted octanol–water partition coefficient (Wildman–Crippen LogP) is 4.10. The van der Waals surface area contributed by atoms with E-state index in [1.54, 1.807) is 42.5 Å². The highest BCUT2D eigenvalue weighted by Gasteiger charge is 2.31. The zero-order valence-electron chi connectivity index (χ0n) is 11.6. The van der Waals surface area contributed by atoms with Gasteiger partial charge in [-0.15, -0.1) is 0 Å². The number of rotatable bonds is 2. The Morgan fingerprint density at radius 2 is 1.70 bits per heavy atom. The van der Waals surface area contributed by atoms with Gasteiger partial charge in [-0.1, -0.05) is 35.9 Å². The number of allylic oxidation sites excluding steroid dienone is 2. The highest BCUT2D eigenvalue weighted by Crippen LogP contribution is 2.30. The van der Waals surface area contributed by atoms with Crippen molar-refractivity contribution in [3.63, 3.8) is 0 Å². The molecule has 112 valence electrons. The molecule has 3 rings (SSSR count). The number of nitrogens with one attached hydrogen (secondary N) is 1. The Morgan fingerprint density at radius 3 is 2.35 bits per heavy atom. The van der Waals surface area contributed by atoms with Gasteiger partial charge in [0.05, 0.1) is 11.3 Å². The van der Waals surface area contributed by atoms with Crippen LogP contribution in [0.25, 0.3) is 0 Å². The van der Waals surface area contributed by atoms with E-state index in [1.165, 1.54) is 0 Å². The van der Waals surface area contributed by atoms with Gasteiger partial charge in [0.2, 0.25) is 11.6 Å². The highest BCUT2D eigenvalue weighted by atomic mass is 127. The van der Waals surface area contributed by atoms with E-state index in [1.807, 2.05) is 0 Å². The fraction of sp³-hybridized carbons (Fsp3) is 0. The molecule has 0 atom stereocenters. The monoisotopic (exact) mass is 434 g/mol. The van der Waals surface area contributed by atoms with Crippen molar-refractivity contribution in [1.29, 1.82) is 5.26 Å². The Labute approximate surface area is 150 Å². The summed E-state index contributed by atoms with van der Waals surface area (Å²) in [4.78, 5) is 24.9. The highest BCUT2D eigenvalue weighted by molar-refractivity contribution is 14.1. The van der Waals surface area contributed by atoms with Gasteiger partial charge < -0.3 is 5.32 Å². The van der Waals surface area contributed by atoms with Crippen LogP contribution in [-0.2, 0) is 0 Å². The first kappa shape index (κ1) is 15.7. The third kappa shape index (κ3) is 2.76. The molecular weight excluding hydrogens is 427 g/mol. The van der Waals surface area contributed by atoms with E-state index in [4.69, 9.17) is 11.6 Å². The summed E-state index contributed by atoms with van der Waals surface area (Å²) in [5.74, 6) is -0.777. The number of carbonyl (C=O) groups excluding carboxylic acids is 2. The average molecular weight is 435 g/mol. The van der Waals surface area contributed by atoms with Gasteiger partial charge in [-0.3, -0.25) is 9.59 Å². The molecule has 2 aromatic rings. The number of benzene rings is 2. The Bertz CT molecular complexity index is 928. The molecule has 4 nitrogen and oxygen atoms in total. The van der Waals surface area contributed by atoms with Gasteiger partial charge in [0.25, 0.3) is 0 Å². The lowest BCUT2D eigenvalue weighted by Gasteiger charge is -2.19. The van der Waals surface area contributed by atoms with Gasteiger partial charge in [0, 0.05) is 14.7 Å². The summed E-state index contributed by atoms with van der Waals surface area (Å²) in [5, 5.41) is 11.9. The van der Waals surface area contributed by atoms with Crippen LogP contribution in [0.15, 0.2) is 53.2 Å². The SMILES string of the molecule is N#Cc1cc(I)ccc1NC1=C(Cl)C(=O)c2ccccc2C1=O. The molecule has 0 heterocycles. The average Bonchev–Trinajstić information content (AvgIpc) is 2.57. The van der Waals surface area contributed by atoms with Crippen LogP contribution in [0.3, 0.4) is 0 Å². The summed E-state index contributed by atoms with van der Waals surface area (Å²) in [7, 11) is 0. The van der Waals surface area contributed by atoms with E-state index in [9.17, 15) is 14.9 Å². The van der Waals surface area contributed by atoms with Gasteiger partial charge in [0.1, 0.15) is 16.8 Å². The van der Waals surface area contributed by atoms with Crippen LogP contribution in [0.1, 0.15) is 26.3 Å². The van der Waals surface area contributed by atoms with Crippen molar-refractivity contribution in [3.05, 3.63) is 73.5 Å². The number of hydrogen-bond acceptors (Lipinski definition) is 4. The number of ketones is 2. The van der Waals surface area contributed by atoms with E-state index < -0.39 is 5.78 Å². The molecule has 23 heavy (non-hydrogen) atoms. The lowest BCUT2D eigenvalue weighted by atomic mass is 9.92. The second-order valence-electron chi connectivity index (χ2n) is 4.82. The molecule has 1 aliphatic rings. The molecule has 0 amide bonds. The van der Waals surface area contributed by atoms with E-state index >= 15 is 0 Å². The molecule has 6 heteroatoms. The summed E-state index contributed by atoms with van der Waals surface area (Å²) in [6, 6.07) is 13.7. The molecule has 0 fully saturated rings. The number of anilines is 1. The minimum absolute atomic E-state index is 0.00641. The van der Waals surface area contributed by atoms with Crippen LogP contribution in [0.4, 0.5) is 5.69 Å². The van der Waals surface area contributed by atoms with E-state index in [0.29, 0.717) is 16.8 Å². The van der Waals surface area contributed by atoms with Crippen LogP contribution in [0.2, 0.25) is 0 Å². The van der Waals surface area contributed by atoms with Crippen molar-refractivity contribution >= 4 is 51.4 Å². The maximum absolute atomic E-state index is 12.6. The van der Waals surface area contributed by atoms with Crippen molar-refractivity contribution in [2.45, 2.75) is 0 Å². The molecule has 1 N–H and O–H groups in total. The van der Waals surface area contributed by atoms with Gasteiger partial charge in [0.15, 0.2) is 0 Å². The largest absolute Gasteiger partial charge is 0.350 e. The number of hydrogen-bond donors (Lipinski definition) is 1. The molecule has 0 saturated heterocycles. The fourth-order valence-corrected chi connectivity index (χ4v) is 3.04. The van der Waals surface area contributed by atoms with Crippen LogP contribution < -0.4 is 5.32 Å². The summed E-state index contributed by atoms with van der Waals surface area (Å²) >= 11 is 8.18. The van der Waals surface area contributed by atoms with Crippen LogP contribution in [0.5, 0.6) is 0 Å². The molecule has 0 radical (unpaired) electrons. The summed E-state index contributed by atoms with van der Waals surface area (Å²) in [6.45, 7) is 0. The van der Waals surface area contributed by atoms with Crippen molar-refractivity contribution in [3.8, 4) is 6.07 Å². The van der Waals surface area contributed by atoms with E-state index in [2.05, 4.69) is 34.0 Å². The minimum atomic E-state index is -0.409. The Kier molecular flexibility index (Phi) is 4.20. The molecule has 0 aromatic heterocycles. The van der Waals surface area contributed by atoms with Crippen molar-refractivity contribution in [1.82, 2.24) is 0 Å². The molecule has 0 aliphatic heterocycles. The molecule has 1 aliphatic carbocycles. The number of carbonyl (C=O) groups is 2. The number of nitriles is 1. The molecule has 0 spiro atoms. The first-order valence-electron chi connectivity index (χ1n) is 6.58. The molecule has 0 saturated carbocycles. The number of halogens is 2. The van der Waals surface area contributed by atoms with Crippen molar-refractivity contribution < 1.29 is 9.59 Å². The second kappa shape index (κ2) is 6.14. The minimum Gasteiger partial charge on any atom is -0.350 e. The first-order valence-corrected chi connectivity index (χ1v) is 8.03. The standard InChI is InChI=1S/C17H8ClIN2O2/c18-14-15(21-13-6-5-10(19)7-9(13)8-20)17(23)12-4-2-1-3-11(12)16(14)22/h1-7,21H. The summed E-state index contributed by atoms with van der Waals surface area (Å²) in [6.07, 6.45) is 0. The zero-order valence-corrected chi connectivity index (χ0v) is 14.5. The Morgan fingerprint density at radius 1 is 1.04 bits per heavy atom. The normalized spacial score (nSPS) is 13.6. The smallest absolute Gasteiger partial charge is 0.211 e.